The van der Waals surface area contributed by atoms with Gasteiger partial charge in [0.05, 0.1) is 11.3 Å². The van der Waals surface area contributed by atoms with Crippen LogP contribution in [0.1, 0.15) is 11.1 Å². The molecule has 6 heteroatoms. The average Bonchev–Trinajstić information content (AvgIpc) is 2.46. The third kappa shape index (κ3) is 4.46. The number of alkyl halides is 3. The lowest BCUT2D eigenvalue weighted by molar-refractivity contribution is -0.136. The predicted molar refractivity (Wildman–Crippen MR) is 83.2 cm³/mol. The molecule has 0 heterocycles. The van der Waals surface area contributed by atoms with Gasteiger partial charge in [0.2, 0.25) is 5.91 Å². The Balaban J connectivity index is 2.11. The Kier molecular flexibility index (Phi) is 5.03. The molecule has 114 valence electrons. The van der Waals surface area contributed by atoms with Crippen LogP contribution in [-0.2, 0) is 11.0 Å². The largest absolute Gasteiger partial charge is 0.418 e. The molecule has 0 spiro atoms. The van der Waals surface area contributed by atoms with Crippen LogP contribution in [0.5, 0.6) is 0 Å². The minimum Gasteiger partial charge on any atom is -0.322 e. The number of nitrogens with one attached hydrogen (secondary N) is 1. The summed E-state index contributed by atoms with van der Waals surface area (Å²) in [6, 6.07) is 12.0. The van der Waals surface area contributed by atoms with Gasteiger partial charge < -0.3 is 5.32 Å². The van der Waals surface area contributed by atoms with Gasteiger partial charge in [-0.25, -0.2) is 0 Å². The van der Waals surface area contributed by atoms with Gasteiger partial charge in [-0.05, 0) is 35.9 Å². The molecule has 0 bridgehead atoms. The van der Waals surface area contributed by atoms with E-state index in [0.29, 0.717) is 0 Å². The second kappa shape index (κ2) is 6.79. The van der Waals surface area contributed by atoms with Crippen molar-refractivity contribution < 1.29 is 18.0 Å². The number of para-hydroxylation sites is 1. The van der Waals surface area contributed by atoms with Crippen molar-refractivity contribution in [2.75, 3.05) is 5.32 Å². The van der Waals surface area contributed by atoms with Crippen molar-refractivity contribution in [1.29, 1.82) is 0 Å². The zero-order valence-corrected chi connectivity index (χ0v) is 12.8. The Morgan fingerprint density at radius 3 is 2.32 bits per heavy atom. The molecular weight excluding hydrogens is 359 g/mol. The summed E-state index contributed by atoms with van der Waals surface area (Å²) in [6.45, 7) is 0. The van der Waals surface area contributed by atoms with E-state index >= 15 is 0 Å². The average molecular weight is 370 g/mol. The lowest BCUT2D eigenvalue weighted by Crippen LogP contribution is -2.14. The molecule has 2 rings (SSSR count). The van der Waals surface area contributed by atoms with Crippen molar-refractivity contribution >= 4 is 33.6 Å². The van der Waals surface area contributed by atoms with E-state index in [9.17, 15) is 18.0 Å². The lowest BCUT2D eigenvalue weighted by atomic mass is 10.1. The number of anilines is 1. The Morgan fingerprint density at radius 2 is 1.68 bits per heavy atom. The van der Waals surface area contributed by atoms with Crippen molar-refractivity contribution in [3.05, 3.63) is 70.2 Å². The van der Waals surface area contributed by atoms with Gasteiger partial charge in [-0.2, -0.15) is 13.2 Å². The summed E-state index contributed by atoms with van der Waals surface area (Å²) in [5.74, 6) is -0.625. The fraction of sp³-hybridized carbons (Fsp3) is 0.0625. The summed E-state index contributed by atoms with van der Waals surface area (Å²) in [7, 11) is 0. The fourth-order valence-electron chi connectivity index (χ4n) is 1.76. The zero-order valence-electron chi connectivity index (χ0n) is 11.2. The van der Waals surface area contributed by atoms with E-state index < -0.39 is 17.6 Å². The van der Waals surface area contributed by atoms with Crippen LogP contribution < -0.4 is 5.32 Å². The minimum atomic E-state index is -4.51. The summed E-state index contributed by atoms with van der Waals surface area (Å²) >= 11 is 3.29. The topological polar surface area (TPSA) is 29.1 Å². The molecule has 1 N–H and O–H groups in total. The molecule has 0 saturated carbocycles. The third-order valence-corrected chi connectivity index (χ3v) is 3.32. The second-order valence-corrected chi connectivity index (χ2v) is 5.33. The number of hydrogen-bond acceptors (Lipinski definition) is 1. The number of carbonyl (C=O) groups is 1. The van der Waals surface area contributed by atoms with Gasteiger partial charge in [0.25, 0.3) is 0 Å². The maximum absolute atomic E-state index is 12.8. The van der Waals surface area contributed by atoms with E-state index in [4.69, 9.17) is 0 Å². The highest BCUT2D eigenvalue weighted by molar-refractivity contribution is 9.10. The number of amides is 1. The van der Waals surface area contributed by atoms with Crippen molar-refractivity contribution in [2.45, 2.75) is 6.18 Å². The van der Waals surface area contributed by atoms with Crippen LogP contribution in [0.25, 0.3) is 6.08 Å². The van der Waals surface area contributed by atoms with Crippen molar-refractivity contribution in [3.8, 4) is 0 Å². The molecule has 2 aromatic carbocycles. The number of carbonyl (C=O) groups excluding carboxylic acids is 1. The molecule has 0 saturated heterocycles. The van der Waals surface area contributed by atoms with Crippen LogP contribution >= 0.6 is 15.9 Å². The van der Waals surface area contributed by atoms with Crippen molar-refractivity contribution in [1.82, 2.24) is 0 Å². The van der Waals surface area contributed by atoms with Crippen LogP contribution in [0.3, 0.4) is 0 Å². The van der Waals surface area contributed by atoms with E-state index in [1.165, 1.54) is 30.4 Å². The highest BCUT2D eigenvalue weighted by Crippen LogP contribution is 2.34. The molecule has 2 aromatic rings. The highest BCUT2D eigenvalue weighted by Gasteiger charge is 2.33. The first kappa shape index (κ1) is 16.3. The molecule has 0 aliphatic carbocycles. The van der Waals surface area contributed by atoms with Gasteiger partial charge in [0.15, 0.2) is 0 Å². The molecule has 1 amide bonds. The maximum Gasteiger partial charge on any atom is 0.418 e. The van der Waals surface area contributed by atoms with Crippen LogP contribution in [0.15, 0.2) is 59.1 Å². The van der Waals surface area contributed by atoms with E-state index in [-0.39, 0.29) is 5.69 Å². The number of hydrogen-bond donors (Lipinski definition) is 1. The summed E-state index contributed by atoms with van der Waals surface area (Å²) in [6.07, 6.45) is -1.80. The number of benzene rings is 2. The van der Waals surface area contributed by atoms with Gasteiger partial charge in [0, 0.05) is 10.5 Å². The maximum atomic E-state index is 12.8. The predicted octanol–water partition coefficient (Wildman–Crippen LogP) is 5.12. The normalized spacial score (nSPS) is 11.6. The van der Waals surface area contributed by atoms with Crippen LogP contribution in [-0.4, -0.2) is 5.91 Å². The molecule has 0 atom stereocenters. The Morgan fingerprint density at radius 1 is 1.05 bits per heavy atom. The molecule has 0 unspecified atom stereocenters. The summed E-state index contributed by atoms with van der Waals surface area (Å²) < 4.78 is 39.3. The van der Waals surface area contributed by atoms with Crippen LogP contribution in [0.4, 0.5) is 18.9 Å². The molecule has 0 aliphatic rings. The highest BCUT2D eigenvalue weighted by atomic mass is 79.9. The van der Waals surface area contributed by atoms with Crippen LogP contribution in [0.2, 0.25) is 0 Å². The lowest BCUT2D eigenvalue weighted by Gasteiger charge is -2.12. The zero-order chi connectivity index (χ0) is 16.2. The standard InChI is InChI=1S/C16H11BrF3NO/c17-12-8-5-11(6-9-12)7-10-15(22)21-14-4-2-1-3-13(14)16(18,19)20/h1-10H,(H,21,22). The Bertz CT molecular complexity index is 693. The van der Waals surface area contributed by atoms with Gasteiger partial charge in [-0.1, -0.05) is 40.2 Å². The molecule has 0 fully saturated rings. The molecule has 0 aliphatic heterocycles. The fourth-order valence-corrected chi connectivity index (χ4v) is 2.02. The summed E-state index contributed by atoms with van der Waals surface area (Å²) in [4.78, 5) is 11.8. The van der Waals surface area contributed by atoms with Gasteiger partial charge in [-0.3, -0.25) is 4.79 Å². The van der Waals surface area contributed by atoms with E-state index in [1.54, 1.807) is 24.3 Å². The van der Waals surface area contributed by atoms with Crippen LogP contribution in [0, 0.1) is 0 Å². The smallest absolute Gasteiger partial charge is 0.322 e. The number of halogens is 4. The monoisotopic (exact) mass is 369 g/mol. The van der Waals surface area contributed by atoms with Crippen molar-refractivity contribution in [2.24, 2.45) is 0 Å². The Hall–Kier alpha value is -2.08. The third-order valence-electron chi connectivity index (χ3n) is 2.79. The van der Waals surface area contributed by atoms with Crippen molar-refractivity contribution in [3.63, 3.8) is 0 Å². The Labute approximate surface area is 133 Å². The molecular formula is C16H11BrF3NO. The number of rotatable bonds is 3. The van der Waals surface area contributed by atoms with E-state index in [1.807, 2.05) is 0 Å². The molecule has 0 radical (unpaired) electrons. The van der Waals surface area contributed by atoms with E-state index in [2.05, 4.69) is 21.2 Å². The SMILES string of the molecule is O=C(C=Cc1ccc(Br)cc1)Nc1ccccc1C(F)(F)F. The van der Waals surface area contributed by atoms with Gasteiger partial charge in [0.1, 0.15) is 0 Å². The molecule has 2 nitrogen and oxygen atoms in total. The quantitative estimate of drug-likeness (QED) is 0.747. The first-order valence-corrected chi connectivity index (χ1v) is 7.06. The summed E-state index contributed by atoms with van der Waals surface area (Å²) in [5, 5.41) is 2.24. The first-order chi connectivity index (χ1) is 10.4. The van der Waals surface area contributed by atoms with Gasteiger partial charge >= 0.3 is 6.18 Å². The second-order valence-electron chi connectivity index (χ2n) is 4.42. The molecule has 0 aromatic heterocycles. The minimum absolute atomic E-state index is 0.263. The first-order valence-electron chi connectivity index (χ1n) is 6.27. The molecule has 22 heavy (non-hydrogen) atoms. The van der Waals surface area contributed by atoms with Gasteiger partial charge in [-0.15, -0.1) is 0 Å². The van der Waals surface area contributed by atoms with E-state index in [0.717, 1.165) is 16.1 Å². The summed E-state index contributed by atoms with van der Waals surface area (Å²) in [5.41, 5.74) is -0.372.